The van der Waals surface area contributed by atoms with Crippen LogP contribution in [0.25, 0.3) is 6.08 Å². The molecule has 0 fully saturated rings. The predicted octanol–water partition coefficient (Wildman–Crippen LogP) is 1.50. The first-order valence-electron chi connectivity index (χ1n) is 4.82. The Bertz CT molecular complexity index is 384. The van der Waals surface area contributed by atoms with E-state index >= 15 is 0 Å². The van der Waals surface area contributed by atoms with Gasteiger partial charge in [-0.15, -0.1) is 0 Å². The van der Waals surface area contributed by atoms with Crippen molar-refractivity contribution in [2.75, 3.05) is 7.11 Å². The van der Waals surface area contributed by atoms with Crippen molar-refractivity contribution in [3.8, 4) is 11.5 Å². The van der Waals surface area contributed by atoms with Crippen LogP contribution in [-0.2, 0) is 4.79 Å². The lowest BCUT2D eigenvalue weighted by atomic mass is 10.2. The second-order valence-corrected chi connectivity index (χ2v) is 3.15. The third-order valence-corrected chi connectivity index (χ3v) is 1.80. The van der Waals surface area contributed by atoms with Crippen molar-refractivity contribution in [2.45, 2.75) is 13.0 Å². The molecule has 1 aromatic carbocycles. The smallest absolute Gasteiger partial charge is 0.332 e. The van der Waals surface area contributed by atoms with Crippen molar-refractivity contribution in [2.24, 2.45) is 0 Å². The van der Waals surface area contributed by atoms with E-state index < -0.39 is 12.1 Å². The Hall–Kier alpha value is -2.01. The first-order valence-corrected chi connectivity index (χ1v) is 4.82. The number of benzene rings is 1. The van der Waals surface area contributed by atoms with Crippen LogP contribution in [-0.4, -0.2) is 34.5 Å². The highest BCUT2D eigenvalue weighted by atomic mass is 16.5. The Labute approximate surface area is 99.6 Å². The summed E-state index contributed by atoms with van der Waals surface area (Å²) >= 11 is 0. The van der Waals surface area contributed by atoms with Gasteiger partial charge in [-0.3, -0.25) is 0 Å². The van der Waals surface area contributed by atoms with Crippen LogP contribution in [0.4, 0.5) is 0 Å². The van der Waals surface area contributed by atoms with Gasteiger partial charge < -0.3 is 20.1 Å². The molecule has 0 aliphatic carbocycles. The van der Waals surface area contributed by atoms with Crippen molar-refractivity contribution in [3.05, 3.63) is 30.3 Å². The van der Waals surface area contributed by atoms with Gasteiger partial charge in [-0.2, -0.15) is 0 Å². The number of hydrogen-bond acceptors (Lipinski definition) is 4. The zero-order chi connectivity index (χ0) is 13.4. The predicted molar refractivity (Wildman–Crippen MR) is 64.1 cm³/mol. The number of methoxy groups -OCH3 is 1. The quantitative estimate of drug-likeness (QED) is 0.745. The van der Waals surface area contributed by atoms with E-state index in [0.29, 0.717) is 5.75 Å². The van der Waals surface area contributed by atoms with Crippen LogP contribution in [0, 0.1) is 0 Å². The normalized spacial score (nSPS) is 10.8. The molecule has 0 saturated carbocycles. The van der Waals surface area contributed by atoms with Gasteiger partial charge in [0.1, 0.15) is 6.10 Å². The van der Waals surface area contributed by atoms with Gasteiger partial charge in [-0.1, -0.05) is 18.7 Å². The average molecular weight is 240 g/mol. The SMILES string of the molecule is C=Cc1ccc(O)c(OC)c1.CC(O)C(=O)O. The van der Waals surface area contributed by atoms with E-state index in [-0.39, 0.29) is 5.75 Å². The minimum Gasteiger partial charge on any atom is -0.504 e. The summed E-state index contributed by atoms with van der Waals surface area (Å²) in [5, 5.41) is 24.9. The number of aliphatic hydroxyl groups is 1. The molecule has 1 aromatic rings. The number of ether oxygens (including phenoxy) is 1. The molecule has 1 rings (SSSR count). The fourth-order valence-corrected chi connectivity index (χ4v) is 0.821. The number of aliphatic carboxylic acids is 1. The van der Waals surface area contributed by atoms with Crippen LogP contribution in [0.5, 0.6) is 11.5 Å². The van der Waals surface area contributed by atoms with Crippen LogP contribution >= 0.6 is 0 Å². The molecule has 0 saturated heterocycles. The molecule has 94 valence electrons. The molecule has 5 heteroatoms. The minimum absolute atomic E-state index is 0.151. The molecule has 1 atom stereocenters. The molecule has 0 bridgehead atoms. The molecule has 1 unspecified atom stereocenters. The third kappa shape index (κ3) is 5.58. The maximum Gasteiger partial charge on any atom is 0.332 e. The third-order valence-electron chi connectivity index (χ3n) is 1.80. The van der Waals surface area contributed by atoms with Gasteiger partial charge in [0.25, 0.3) is 0 Å². The monoisotopic (exact) mass is 240 g/mol. The molecule has 0 aliphatic heterocycles. The fourth-order valence-electron chi connectivity index (χ4n) is 0.821. The number of aromatic hydroxyl groups is 1. The number of hydrogen-bond donors (Lipinski definition) is 3. The summed E-state index contributed by atoms with van der Waals surface area (Å²) < 4.78 is 4.89. The molecule has 0 aliphatic rings. The summed E-state index contributed by atoms with van der Waals surface area (Å²) in [6.07, 6.45) is 0.465. The minimum atomic E-state index is -1.23. The van der Waals surface area contributed by atoms with Crippen LogP contribution in [0.15, 0.2) is 24.8 Å². The lowest BCUT2D eigenvalue weighted by molar-refractivity contribution is -0.145. The number of carboxylic acids is 1. The molecular formula is C12H16O5. The van der Waals surface area contributed by atoms with Gasteiger partial charge in [-0.25, -0.2) is 4.79 Å². The zero-order valence-electron chi connectivity index (χ0n) is 9.75. The lowest BCUT2D eigenvalue weighted by Gasteiger charge is -2.02. The first kappa shape index (κ1) is 15.0. The van der Waals surface area contributed by atoms with Gasteiger partial charge in [-0.05, 0) is 24.6 Å². The molecule has 0 aromatic heterocycles. The van der Waals surface area contributed by atoms with E-state index in [1.54, 1.807) is 24.3 Å². The second kappa shape index (κ2) is 7.29. The Kier molecular flexibility index (Phi) is 6.43. The topological polar surface area (TPSA) is 87.0 Å². The highest BCUT2D eigenvalue weighted by Gasteiger charge is 2.01. The van der Waals surface area contributed by atoms with Crippen molar-refractivity contribution < 1.29 is 24.9 Å². The summed E-state index contributed by atoms with van der Waals surface area (Å²) in [6.45, 7) is 4.80. The average Bonchev–Trinajstić information content (AvgIpc) is 2.30. The number of carbonyl (C=O) groups is 1. The van der Waals surface area contributed by atoms with E-state index in [4.69, 9.17) is 14.9 Å². The summed E-state index contributed by atoms with van der Waals surface area (Å²) in [7, 11) is 1.52. The maximum absolute atomic E-state index is 9.45. The summed E-state index contributed by atoms with van der Waals surface area (Å²) in [4.78, 5) is 9.45. The largest absolute Gasteiger partial charge is 0.504 e. The molecule has 3 N–H and O–H groups in total. The van der Waals surface area contributed by atoms with E-state index in [1.807, 2.05) is 0 Å². The standard InChI is InChI=1S/C9H10O2.C3H6O3/c1-3-7-4-5-8(10)9(6-7)11-2;1-2(4)3(5)6/h3-6,10H,1H2,2H3;2,4H,1H3,(H,5,6). The zero-order valence-corrected chi connectivity index (χ0v) is 9.75. The van der Waals surface area contributed by atoms with Crippen LogP contribution in [0.3, 0.4) is 0 Å². The second-order valence-electron chi connectivity index (χ2n) is 3.15. The summed E-state index contributed by atoms with van der Waals surface area (Å²) in [5.74, 6) is -0.560. The molecule has 0 amide bonds. The van der Waals surface area contributed by atoms with Crippen LogP contribution in [0.1, 0.15) is 12.5 Å². The van der Waals surface area contributed by atoms with E-state index in [2.05, 4.69) is 6.58 Å². The molecule has 5 nitrogen and oxygen atoms in total. The molecular weight excluding hydrogens is 224 g/mol. The summed E-state index contributed by atoms with van der Waals surface area (Å²) in [6, 6.07) is 5.07. The Morgan fingerprint density at radius 2 is 2.06 bits per heavy atom. The number of phenols is 1. The van der Waals surface area contributed by atoms with Crippen molar-refractivity contribution in [3.63, 3.8) is 0 Å². The number of aliphatic hydroxyl groups excluding tert-OH is 1. The maximum atomic E-state index is 9.45. The number of phenolic OH excluding ortho intramolecular Hbond substituents is 1. The molecule has 17 heavy (non-hydrogen) atoms. The molecule has 0 heterocycles. The number of rotatable bonds is 3. The Morgan fingerprint density at radius 3 is 2.41 bits per heavy atom. The lowest BCUT2D eigenvalue weighted by Crippen LogP contribution is -2.13. The first-order chi connectivity index (χ1) is 7.92. The van der Waals surface area contributed by atoms with Gasteiger partial charge in [0.2, 0.25) is 0 Å². The van der Waals surface area contributed by atoms with Crippen molar-refractivity contribution >= 4 is 12.0 Å². The van der Waals surface area contributed by atoms with E-state index in [0.717, 1.165) is 5.56 Å². The highest BCUT2D eigenvalue weighted by molar-refractivity contribution is 5.71. The summed E-state index contributed by atoms with van der Waals surface area (Å²) in [5.41, 5.74) is 0.930. The molecule has 0 radical (unpaired) electrons. The van der Waals surface area contributed by atoms with Crippen molar-refractivity contribution in [1.29, 1.82) is 0 Å². The molecule has 0 spiro atoms. The fraction of sp³-hybridized carbons (Fsp3) is 0.250. The Balaban J connectivity index is 0.000000366. The van der Waals surface area contributed by atoms with Crippen molar-refractivity contribution in [1.82, 2.24) is 0 Å². The number of carboxylic acid groups (broad SMARTS) is 1. The van der Waals surface area contributed by atoms with E-state index in [1.165, 1.54) is 14.0 Å². The van der Waals surface area contributed by atoms with E-state index in [9.17, 15) is 9.90 Å². The highest BCUT2D eigenvalue weighted by Crippen LogP contribution is 2.26. The Morgan fingerprint density at radius 1 is 1.53 bits per heavy atom. The van der Waals surface area contributed by atoms with Crippen LogP contribution in [0.2, 0.25) is 0 Å². The van der Waals surface area contributed by atoms with Gasteiger partial charge >= 0.3 is 5.97 Å². The van der Waals surface area contributed by atoms with Gasteiger partial charge in [0.05, 0.1) is 7.11 Å². The van der Waals surface area contributed by atoms with Gasteiger partial charge in [0, 0.05) is 0 Å². The van der Waals surface area contributed by atoms with Gasteiger partial charge in [0.15, 0.2) is 11.5 Å². The van der Waals surface area contributed by atoms with Crippen LogP contribution < -0.4 is 4.74 Å².